The Morgan fingerprint density at radius 2 is 1.92 bits per heavy atom. The summed E-state index contributed by atoms with van der Waals surface area (Å²) in [5, 5.41) is 0. The number of aromatic nitrogens is 1. The Hall–Kier alpha value is -3.54. The number of fused-ring (bicyclic) bond motifs is 1. The van der Waals surface area contributed by atoms with Crippen LogP contribution in [0.3, 0.4) is 0 Å². The summed E-state index contributed by atoms with van der Waals surface area (Å²) >= 11 is 0. The lowest BCUT2D eigenvalue weighted by Crippen LogP contribution is -2.24. The van der Waals surface area contributed by atoms with Gasteiger partial charge in [0.05, 0.1) is 18.5 Å². The average molecular weight is 347 g/mol. The molecule has 2 amide bonds. The average Bonchev–Trinajstić information content (AvgIpc) is 3.26. The smallest absolute Gasteiger partial charge is 0.248 e. The van der Waals surface area contributed by atoms with Crippen molar-refractivity contribution in [3.8, 4) is 5.75 Å². The van der Waals surface area contributed by atoms with Crippen molar-refractivity contribution in [1.82, 2.24) is 4.98 Å². The van der Waals surface area contributed by atoms with Crippen LogP contribution in [0.25, 0.3) is 0 Å². The number of amides is 2. The maximum absolute atomic E-state index is 13.3. The summed E-state index contributed by atoms with van der Waals surface area (Å²) < 4.78 is 5.43. The van der Waals surface area contributed by atoms with Crippen molar-refractivity contribution in [2.75, 3.05) is 12.0 Å². The summed E-state index contributed by atoms with van der Waals surface area (Å²) in [6.07, 6.45) is 1.77. The van der Waals surface area contributed by atoms with Gasteiger partial charge >= 0.3 is 0 Å². The summed E-state index contributed by atoms with van der Waals surface area (Å²) in [6.45, 7) is 0. The highest BCUT2D eigenvalue weighted by Gasteiger charge is 2.41. The van der Waals surface area contributed by atoms with E-state index in [4.69, 9.17) is 10.5 Å². The van der Waals surface area contributed by atoms with E-state index in [-0.39, 0.29) is 5.91 Å². The van der Waals surface area contributed by atoms with Crippen LogP contribution < -0.4 is 15.4 Å². The number of carbonyl (C=O) groups excluding carboxylic acids is 2. The lowest BCUT2D eigenvalue weighted by molar-refractivity contribution is -0.117. The molecule has 0 saturated carbocycles. The number of nitrogens with zero attached hydrogens (tertiary/aromatic N) is 1. The number of carbonyl (C=O) groups is 2. The number of primary amides is 1. The Bertz CT molecular complexity index is 995. The first-order valence-electron chi connectivity index (χ1n) is 8.16. The third-order valence-corrected chi connectivity index (χ3v) is 4.59. The summed E-state index contributed by atoms with van der Waals surface area (Å²) in [5.74, 6) is -0.586. The topological polar surface area (TPSA) is 88.4 Å². The van der Waals surface area contributed by atoms with Gasteiger partial charge in [0, 0.05) is 17.5 Å². The number of hydrogen-bond donors (Lipinski definition) is 2. The SMILES string of the molecule is COc1ccccc1N1C(=O)C(c2ccc[nH]2)c2cc(C(N)=O)ccc21. The van der Waals surface area contributed by atoms with Gasteiger partial charge < -0.3 is 15.5 Å². The zero-order chi connectivity index (χ0) is 18.3. The minimum atomic E-state index is -0.538. The highest BCUT2D eigenvalue weighted by atomic mass is 16.5. The number of hydrogen-bond acceptors (Lipinski definition) is 3. The molecule has 0 aliphatic carbocycles. The molecule has 0 radical (unpaired) electrons. The number of ether oxygens (including phenoxy) is 1. The van der Waals surface area contributed by atoms with Crippen LogP contribution in [0.1, 0.15) is 27.5 Å². The van der Waals surface area contributed by atoms with Gasteiger partial charge in [0.2, 0.25) is 11.8 Å². The van der Waals surface area contributed by atoms with Crippen LogP contribution >= 0.6 is 0 Å². The largest absolute Gasteiger partial charge is 0.495 e. The fraction of sp³-hybridized carbons (Fsp3) is 0.100. The molecule has 0 saturated heterocycles. The normalized spacial score (nSPS) is 15.8. The predicted molar refractivity (Wildman–Crippen MR) is 97.7 cm³/mol. The fourth-order valence-electron chi connectivity index (χ4n) is 3.41. The van der Waals surface area contributed by atoms with E-state index in [1.807, 2.05) is 36.4 Å². The minimum Gasteiger partial charge on any atom is -0.495 e. The maximum Gasteiger partial charge on any atom is 0.248 e. The number of anilines is 2. The van der Waals surface area contributed by atoms with E-state index in [9.17, 15) is 9.59 Å². The molecule has 1 aromatic heterocycles. The molecular weight excluding hydrogens is 330 g/mol. The number of rotatable bonds is 4. The summed E-state index contributed by atoms with van der Waals surface area (Å²) in [4.78, 5) is 29.7. The van der Waals surface area contributed by atoms with Crippen LogP contribution in [0.5, 0.6) is 5.75 Å². The van der Waals surface area contributed by atoms with Crippen molar-refractivity contribution in [3.63, 3.8) is 0 Å². The Morgan fingerprint density at radius 1 is 1.12 bits per heavy atom. The van der Waals surface area contributed by atoms with Crippen molar-refractivity contribution >= 4 is 23.2 Å². The molecule has 26 heavy (non-hydrogen) atoms. The Morgan fingerprint density at radius 3 is 2.62 bits per heavy atom. The number of nitrogens with two attached hydrogens (primary N) is 1. The van der Waals surface area contributed by atoms with Gasteiger partial charge in [-0.3, -0.25) is 14.5 Å². The quantitative estimate of drug-likeness (QED) is 0.760. The third kappa shape index (κ3) is 2.35. The van der Waals surface area contributed by atoms with Crippen molar-refractivity contribution in [2.45, 2.75) is 5.92 Å². The summed E-state index contributed by atoms with van der Waals surface area (Å²) in [6, 6.07) is 16.1. The standard InChI is InChI=1S/C20H17N3O3/c1-26-17-7-3-2-6-16(17)23-15-9-8-12(19(21)24)11-13(15)18(20(23)25)14-5-4-10-22-14/h2-11,18,22H,1H3,(H2,21,24). The molecule has 2 heterocycles. The van der Waals surface area contributed by atoms with Crippen LogP contribution in [0.4, 0.5) is 11.4 Å². The molecule has 0 fully saturated rings. The van der Waals surface area contributed by atoms with Gasteiger partial charge in [-0.1, -0.05) is 12.1 Å². The molecule has 3 N–H and O–H groups in total. The van der Waals surface area contributed by atoms with E-state index < -0.39 is 11.8 Å². The van der Waals surface area contributed by atoms with E-state index >= 15 is 0 Å². The van der Waals surface area contributed by atoms with Gasteiger partial charge in [-0.25, -0.2) is 0 Å². The molecule has 6 nitrogen and oxygen atoms in total. The van der Waals surface area contributed by atoms with Gasteiger partial charge in [-0.05, 0) is 48.0 Å². The third-order valence-electron chi connectivity index (χ3n) is 4.59. The summed E-state index contributed by atoms with van der Waals surface area (Å²) in [7, 11) is 1.57. The molecule has 0 spiro atoms. The second kappa shape index (κ2) is 6.07. The van der Waals surface area contributed by atoms with Crippen LogP contribution in [0.15, 0.2) is 60.8 Å². The van der Waals surface area contributed by atoms with Crippen molar-refractivity contribution in [3.05, 3.63) is 77.6 Å². The molecule has 1 aliphatic rings. The van der Waals surface area contributed by atoms with Gasteiger partial charge in [0.25, 0.3) is 0 Å². The first kappa shape index (κ1) is 16.0. The van der Waals surface area contributed by atoms with Crippen molar-refractivity contribution in [2.24, 2.45) is 5.73 Å². The molecule has 2 aromatic carbocycles. The zero-order valence-electron chi connectivity index (χ0n) is 14.1. The number of aromatic amines is 1. The number of methoxy groups -OCH3 is 1. The zero-order valence-corrected chi connectivity index (χ0v) is 14.1. The number of para-hydroxylation sites is 2. The van der Waals surface area contributed by atoms with Gasteiger partial charge in [-0.2, -0.15) is 0 Å². The molecule has 0 bridgehead atoms. The lowest BCUT2D eigenvalue weighted by atomic mass is 9.95. The van der Waals surface area contributed by atoms with Crippen LogP contribution in [-0.2, 0) is 4.79 Å². The van der Waals surface area contributed by atoms with E-state index in [0.717, 1.165) is 11.3 Å². The monoisotopic (exact) mass is 347 g/mol. The molecule has 130 valence electrons. The van der Waals surface area contributed by atoms with Gasteiger partial charge in [-0.15, -0.1) is 0 Å². The molecule has 6 heteroatoms. The second-order valence-corrected chi connectivity index (χ2v) is 6.04. The lowest BCUT2D eigenvalue weighted by Gasteiger charge is -2.20. The Labute approximate surface area is 150 Å². The van der Waals surface area contributed by atoms with E-state index in [1.54, 1.807) is 36.4 Å². The molecule has 4 rings (SSSR count). The number of H-pyrrole nitrogens is 1. The minimum absolute atomic E-state index is 0.117. The van der Waals surface area contributed by atoms with E-state index in [2.05, 4.69) is 4.98 Å². The number of benzene rings is 2. The Kier molecular flexibility index (Phi) is 3.73. The number of nitrogens with one attached hydrogen (secondary N) is 1. The molecule has 1 aliphatic heterocycles. The first-order valence-corrected chi connectivity index (χ1v) is 8.16. The molecular formula is C20H17N3O3. The van der Waals surface area contributed by atoms with Gasteiger partial charge in [0.15, 0.2) is 0 Å². The van der Waals surface area contributed by atoms with Crippen LogP contribution in [-0.4, -0.2) is 23.9 Å². The predicted octanol–water partition coefficient (Wildman–Crippen LogP) is 2.93. The first-order chi connectivity index (χ1) is 12.6. The van der Waals surface area contributed by atoms with Crippen molar-refractivity contribution in [1.29, 1.82) is 0 Å². The molecule has 1 atom stereocenters. The Balaban J connectivity index is 1.93. The molecule has 3 aromatic rings. The van der Waals surface area contributed by atoms with E-state index in [1.165, 1.54) is 0 Å². The van der Waals surface area contributed by atoms with Crippen molar-refractivity contribution < 1.29 is 14.3 Å². The van der Waals surface area contributed by atoms with Crippen LogP contribution in [0, 0.1) is 0 Å². The fourth-order valence-corrected chi connectivity index (χ4v) is 3.41. The highest BCUT2D eigenvalue weighted by Crippen LogP contribution is 2.47. The van der Waals surface area contributed by atoms with Gasteiger partial charge in [0.1, 0.15) is 11.7 Å². The second-order valence-electron chi connectivity index (χ2n) is 6.04. The van der Waals surface area contributed by atoms with E-state index in [0.29, 0.717) is 22.7 Å². The maximum atomic E-state index is 13.3. The summed E-state index contributed by atoms with van der Waals surface area (Å²) in [5.41, 5.74) is 8.67. The van der Waals surface area contributed by atoms with Crippen LogP contribution in [0.2, 0.25) is 0 Å². The highest BCUT2D eigenvalue weighted by molar-refractivity contribution is 6.13. The molecule has 1 unspecified atom stereocenters.